The number of hydrogen-bond acceptors (Lipinski definition) is 5. The summed E-state index contributed by atoms with van der Waals surface area (Å²) in [6.45, 7) is 2.43. The molecule has 0 bridgehead atoms. The lowest BCUT2D eigenvalue weighted by molar-refractivity contribution is -0.384. The van der Waals surface area contributed by atoms with Crippen molar-refractivity contribution in [2.45, 2.75) is 18.9 Å². The van der Waals surface area contributed by atoms with Crippen molar-refractivity contribution in [3.63, 3.8) is 0 Å². The molecule has 1 aromatic rings. The van der Waals surface area contributed by atoms with Gasteiger partial charge in [-0.3, -0.25) is 19.8 Å². The summed E-state index contributed by atoms with van der Waals surface area (Å²) >= 11 is 0. The molecule has 6 nitrogen and oxygen atoms in total. The van der Waals surface area contributed by atoms with Crippen LogP contribution in [-0.2, 0) is 0 Å². The minimum Gasteiger partial charge on any atom is -0.305 e. The Bertz CT molecular complexity index is 515. The van der Waals surface area contributed by atoms with Gasteiger partial charge in [0.05, 0.1) is 11.5 Å². The van der Waals surface area contributed by atoms with Crippen LogP contribution in [0, 0.1) is 10.1 Å². The van der Waals surface area contributed by atoms with Gasteiger partial charge in [-0.05, 0) is 45.6 Å². The molecule has 0 saturated carbocycles. The van der Waals surface area contributed by atoms with Crippen molar-refractivity contribution in [3.8, 4) is 0 Å². The molecule has 1 aromatic carbocycles. The van der Waals surface area contributed by atoms with Crippen molar-refractivity contribution in [2.24, 2.45) is 0 Å². The second kappa shape index (κ2) is 6.78. The number of hydrogen-bond donors (Lipinski definition) is 0. The van der Waals surface area contributed by atoms with Gasteiger partial charge in [-0.25, -0.2) is 0 Å². The molecular weight excluding hydrogens is 270 g/mol. The van der Waals surface area contributed by atoms with E-state index in [1.165, 1.54) is 24.3 Å². The third-order valence-electron chi connectivity index (χ3n) is 4.02. The van der Waals surface area contributed by atoms with Crippen molar-refractivity contribution in [1.82, 2.24) is 9.80 Å². The highest BCUT2D eigenvalue weighted by Gasteiger charge is 2.23. The summed E-state index contributed by atoms with van der Waals surface area (Å²) in [5.41, 5.74) is 0.533. The first kappa shape index (κ1) is 15.6. The lowest BCUT2D eigenvalue weighted by Crippen LogP contribution is -2.46. The molecule has 0 N–H and O–H groups in total. The van der Waals surface area contributed by atoms with E-state index < -0.39 is 4.92 Å². The third kappa shape index (κ3) is 4.09. The predicted octanol–water partition coefficient (Wildman–Crippen LogP) is 1.80. The van der Waals surface area contributed by atoms with Gasteiger partial charge in [0.1, 0.15) is 0 Å². The first-order valence-electron chi connectivity index (χ1n) is 7.14. The van der Waals surface area contributed by atoms with Crippen LogP contribution in [0.5, 0.6) is 0 Å². The number of carbonyl (C=O) groups excluding carboxylic acids is 1. The molecule has 1 aliphatic rings. The molecule has 0 radical (unpaired) electrons. The molecule has 1 atom stereocenters. The summed E-state index contributed by atoms with van der Waals surface area (Å²) in [5, 5.41) is 10.6. The van der Waals surface area contributed by atoms with Crippen LogP contribution < -0.4 is 0 Å². The Labute approximate surface area is 124 Å². The Morgan fingerprint density at radius 2 is 2.10 bits per heavy atom. The highest BCUT2D eigenvalue weighted by Crippen LogP contribution is 2.15. The molecule has 0 aromatic heterocycles. The van der Waals surface area contributed by atoms with E-state index in [0.29, 0.717) is 18.2 Å². The first-order chi connectivity index (χ1) is 9.97. The second-order valence-electron chi connectivity index (χ2n) is 5.70. The van der Waals surface area contributed by atoms with Gasteiger partial charge in [0.25, 0.3) is 5.69 Å². The zero-order chi connectivity index (χ0) is 15.4. The number of likely N-dealkylation sites (tertiary alicyclic amines) is 1. The maximum absolute atomic E-state index is 12.2. The van der Waals surface area contributed by atoms with Crippen molar-refractivity contribution in [2.75, 3.05) is 33.7 Å². The number of likely N-dealkylation sites (N-methyl/N-ethyl adjacent to an activating group) is 2. The van der Waals surface area contributed by atoms with Crippen LogP contribution in [0.25, 0.3) is 0 Å². The number of nitro benzene ring substituents is 1. The Balaban J connectivity index is 1.95. The minimum absolute atomic E-state index is 0.000578. The Hall–Kier alpha value is -1.79. The third-order valence-corrected chi connectivity index (χ3v) is 4.02. The summed E-state index contributed by atoms with van der Waals surface area (Å²) in [5.74, 6) is 0.000578. The molecule has 1 heterocycles. The lowest BCUT2D eigenvalue weighted by atomic mass is 10.0. The van der Waals surface area contributed by atoms with Gasteiger partial charge in [0.15, 0.2) is 5.78 Å². The highest BCUT2D eigenvalue weighted by atomic mass is 16.6. The number of nitro groups is 1. The van der Waals surface area contributed by atoms with Gasteiger partial charge < -0.3 is 4.90 Å². The van der Waals surface area contributed by atoms with Crippen molar-refractivity contribution in [1.29, 1.82) is 0 Å². The van der Waals surface area contributed by atoms with E-state index in [1.807, 2.05) is 7.05 Å². The Morgan fingerprint density at radius 1 is 1.43 bits per heavy atom. The molecule has 1 unspecified atom stereocenters. The largest absolute Gasteiger partial charge is 0.305 e. The van der Waals surface area contributed by atoms with Gasteiger partial charge in [-0.2, -0.15) is 0 Å². The van der Waals surface area contributed by atoms with E-state index in [-0.39, 0.29) is 11.5 Å². The quantitative estimate of drug-likeness (QED) is 0.470. The molecule has 114 valence electrons. The zero-order valence-corrected chi connectivity index (χ0v) is 12.5. The van der Waals surface area contributed by atoms with E-state index in [2.05, 4.69) is 16.8 Å². The van der Waals surface area contributed by atoms with Crippen LogP contribution in [0.4, 0.5) is 5.69 Å². The molecule has 1 fully saturated rings. The van der Waals surface area contributed by atoms with Crippen molar-refractivity contribution in [3.05, 3.63) is 39.9 Å². The fraction of sp³-hybridized carbons (Fsp3) is 0.533. The molecule has 21 heavy (non-hydrogen) atoms. The summed E-state index contributed by atoms with van der Waals surface area (Å²) in [6, 6.07) is 6.21. The standard InChI is InChI=1S/C15H21N3O3/c1-16-9-3-4-14(10-16)17(2)11-15(19)12-5-7-13(8-6-12)18(20)21/h5-8,14H,3-4,9-11H2,1-2H3. The monoisotopic (exact) mass is 291 g/mol. The molecule has 0 amide bonds. The van der Waals surface area contributed by atoms with Crippen LogP contribution >= 0.6 is 0 Å². The van der Waals surface area contributed by atoms with Gasteiger partial charge in [0.2, 0.25) is 0 Å². The number of ketones is 1. The van der Waals surface area contributed by atoms with Gasteiger partial charge in [0, 0.05) is 30.3 Å². The maximum Gasteiger partial charge on any atom is 0.269 e. The van der Waals surface area contributed by atoms with Crippen LogP contribution in [0.3, 0.4) is 0 Å². The van der Waals surface area contributed by atoms with E-state index in [4.69, 9.17) is 0 Å². The fourth-order valence-corrected chi connectivity index (χ4v) is 2.71. The predicted molar refractivity (Wildman–Crippen MR) is 80.6 cm³/mol. The lowest BCUT2D eigenvalue weighted by Gasteiger charge is -2.35. The molecule has 0 spiro atoms. The second-order valence-corrected chi connectivity index (χ2v) is 5.70. The van der Waals surface area contributed by atoms with Crippen molar-refractivity contribution < 1.29 is 9.72 Å². The maximum atomic E-state index is 12.2. The molecular formula is C15H21N3O3. The van der Waals surface area contributed by atoms with Gasteiger partial charge in [-0.1, -0.05) is 0 Å². The number of Topliss-reactive ketones (excluding diaryl/α,β-unsaturated/α-hetero) is 1. The van der Waals surface area contributed by atoms with Crippen LogP contribution in [-0.4, -0.2) is 60.3 Å². The van der Waals surface area contributed by atoms with Gasteiger partial charge >= 0.3 is 0 Å². The number of benzene rings is 1. The summed E-state index contributed by atoms with van der Waals surface area (Å²) in [4.78, 5) is 26.7. The number of rotatable bonds is 5. The van der Waals surface area contributed by atoms with Crippen LogP contribution in [0.2, 0.25) is 0 Å². The SMILES string of the molecule is CN1CCCC(N(C)CC(=O)c2ccc([N+](=O)[O-])cc2)C1. The minimum atomic E-state index is -0.460. The average molecular weight is 291 g/mol. The fourth-order valence-electron chi connectivity index (χ4n) is 2.71. The smallest absolute Gasteiger partial charge is 0.269 e. The molecule has 1 aliphatic heterocycles. The summed E-state index contributed by atoms with van der Waals surface area (Å²) in [7, 11) is 4.06. The topological polar surface area (TPSA) is 66.7 Å². The number of piperidine rings is 1. The van der Waals surface area contributed by atoms with Crippen LogP contribution in [0.1, 0.15) is 23.2 Å². The summed E-state index contributed by atoms with van der Waals surface area (Å²) < 4.78 is 0. The molecule has 6 heteroatoms. The number of nitrogens with zero attached hydrogens (tertiary/aromatic N) is 3. The number of carbonyl (C=O) groups is 1. The zero-order valence-electron chi connectivity index (χ0n) is 12.5. The average Bonchev–Trinajstić information content (AvgIpc) is 2.47. The normalized spacial score (nSPS) is 19.7. The number of non-ortho nitro benzene ring substituents is 1. The molecule has 1 saturated heterocycles. The Kier molecular flexibility index (Phi) is 5.03. The van der Waals surface area contributed by atoms with Crippen LogP contribution in [0.15, 0.2) is 24.3 Å². The van der Waals surface area contributed by atoms with E-state index in [0.717, 1.165) is 25.9 Å². The Morgan fingerprint density at radius 3 is 2.67 bits per heavy atom. The first-order valence-corrected chi connectivity index (χ1v) is 7.14. The van der Waals surface area contributed by atoms with E-state index in [9.17, 15) is 14.9 Å². The van der Waals surface area contributed by atoms with Crippen molar-refractivity contribution >= 4 is 11.5 Å². The van der Waals surface area contributed by atoms with Gasteiger partial charge in [-0.15, -0.1) is 0 Å². The van der Waals surface area contributed by atoms with E-state index >= 15 is 0 Å². The highest BCUT2D eigenvalue weighted by molar-refractivity contribution is 5.97. The molecule has 0 aliphatic carbocycles. The summed E-state index contributed by atoms with van der Waals surface area (Å²) in [6.07, 6.45) is 2.26. The molecule has 2 rings (SSSR count). The van der Waals surface area contributed by atoms with E-state index in [1.54, 1.807) is 0 Å².